The van der Waals surface area contributed by atoms with E-state index < -0.39 is 0 Å². The molecule has 3 nitrogen and oxygen atoms in total. The minimum Gasteiger partial charge on any atom is -0.393 e. The number of benzene rings is 1. The van der Waals surface area contributed by atoms with Gasteiger partial charge in [-0.2, -0.15) is 0 Å². The molecule has 3 fully saturated rings. The molecule has 3 saturated carbocycles. The zero-order chi connectivity index (χ0) is 23.0. The highest BCUT2D eigenvalue weighted by Crippen LogP contribution is 2.65. The van der Waals surface area contributed by atoms with Crippen LogP contribution < -0.4 is 4.90 Å². The smallest absolute Gasteiger partial charge is 0.155 e. The fourth-order valence-corrected chi connectivity index (χ4v) is 7.64. The highest BCUT2D eigenvalue weighted by atomic mass is 16.3. The average molecular weight is 434 g/mol. The monoisotopic (exact) mass is 433 g/mol. The number of anilines is 1. The number of aliphatic hydroxyl groups excluding tert-OH is 1. The van der Waals surface area contributed by atoms with Gasteiger partial charge in [-0.05, 0) is 104 Å². The van der Waals surface area contributed by atoms with Crippen molar-refractivity contribution in [2.45, 2.75) is 70.8 Å². The van der Waals surface area contributed by atoms with E-state index in [0.29, 0.717) is 41.8 Å². The molecule has 0 aromatic heterocycles. The van der Waals surface area contributed by atoms with Gasteiger partial charge in [-0.3, -0.25) is 4.79 Å². The lowest BCUT2D eigenvalue weighted by Crippen LogP contribution is -2.50. The second kappa shape index (κ2) is 9.06. The van der Waals surface area contributed by atoms with Crippen LogP contribution in [0.4, 0.5) is 5.69 Å². The summed E-state index contributed by atoms with van der Waals surface area (Å²) in [5, 5.41) is 11.0. The Morgan fingerprint density at radius 3 is 2.41 bits per heavy atom. The summed E-state index contributed by atoms with van der Waals surface area (Å²) < 4.78 is 0. The van der Waals surface area contributed by atoms with Crippen LogP contribution in [0.25, 0.3) is 0 Å². The summed E-state index contributed by atoms with van der Waals surface area (Å²) in [5.41, 5.74) is 4.14. The lowest BCUT2D eigenvalue weighted by Gasteiger charge is -2.57. The summed E-state index contributed by atoms with van der Waals surface area (Å²) in [7, 11) is 4.17. The molecule has 1 aromatic rings. The molecule has 7 unspecified atom stereocenters. The van der Waals surface area contributed by atoms with E-state index in [-0.39, 0.29) is 11.5 Å². The van der Waals surface area contributed by atoms with E-state index in [9.17, 15) is 9.90 Å². The maximum absolute atomic E-state index is 12.1. The first kappa shape index (κ1) is 23.1. The second-order valence-corrected chi connectivity index (χ2v) is 10.9. The van der Waals surface area contributed by atoms with Crippen molar-refractivity contribution in [3.8, 4) is 12.3 Å². The Balaban J connectivity index is 0.000000775. The molecular weight excluding hydrogens is 394 g/mol. The van der Waals surface area contributed by atoms with Gasteiger partial charge in [0.1, 0.15) is 0 Å². The number of allylic oxidation sites excluding steroid dienone is 1. The molecule has 0 saturated heterocycles. The van der Waals surface area contributed by atoms with Gasteiger partial charge in [-0.15, -0.1) is 12.3 Å². The number of ketones is 1. The van der Waals surface area contributed by atoms with Crippen LogP contribution in [0.1, 0.15) is 70.3 Å². The van der Waals surface area contributed by atoms with Crippen molar-refractivity contribution < 1.29 is 9.90 Å². The molecule has 1 N–H and O–H groups in total. The summed E-state index contributed by atoms with van der Waals surface area (Å²) >= 11 is 0. The lowest BCUT2D eigenvalue weighted by molar-refractivity contribution is -0.116. The molecule has 0 aliphatic heterocycles. The van der Waals surface area contributed by atoms with E-state index in [1.807, 2.05) is 6.08 Å². The summed E-state index contributed by atoms with van der Waals surface area (Å²) in [6.45, 7) is 4.02. The number of carbonyl (C=O) groups is 1. The highest BCUT2D eigenvalue weighted by molar-refractivity contribution is 5.91. The Morgan fingerprint density at radius 1 is 1.06 bits per heavy atom. The number of nitrogens with zero attached hydrogens (tertiary/aromatic N) is 1. The number of carbonyl (C=O) groups excluding carboxylic acids is 1. The standard InChI is InChI=1S/C26H35NO2.C3H4/c1-26-15-22(16-4-7-18(8-5-16)27(2)3)25-20-11-9-19(28)14-17(20)6-10-21(25)23(26)12-13-24(26)29;1-3-2/h4-5,7-8,14,20-25,29H,6,9-13,15H2,1-3H3;1H,2H3. The molecule has 0 bridgehead atoms. The summed E-state index contributed by atoms with van der Waals surface area (Å²) in [5.74, 6) is 5.56. The zero-order valence-electron chi connectivity index (χ0n) is 20.2. The van der Waals surface area contributed by atoms with Crippen LogP contribution in [0.15, 0.2) is 35.9 Å². The summed E-state index contributed by atoms with van der Waals surface area (Å²) in [4.78, 5) is 14.2. The van der Waals surface area contributed by atoms with Crippen LogP contribution in [0.3, 0.4) is 0 Å². The van der Waals surface area contributed by atoms with E-state index in [1.165, 1.54) is 29.7 Å². The fourth-order valence-electron chi connectivity index (χ4n) is 7.64. The number of hydrogen-bond acceptors (Lipinski definition) is 3. The van der Waals surface area contributed by atoms with Gasteiger partial charge < -0.3 is 10.0 Å². The van der Waals surface area contributed by atoms with E-state index in [4.69, 9.17) is 0 Å². The predicted octanol–water partition coefficient (Wildman–Crippen LogP) is 5.59. The third-order valence-corrected chi connectivity index (χ3v) is 9.09. The minimum absolute atomic E-state index is 0.0394. The van der Waals surface area contributed by atoms with Crippen LogP contribution in [0, 0.1) is 41.4 Å². The first-order chi connectivity index (χ1) is 15.3. The van der Waals surface area contributed by atoms with E-state index in [0.717, 1.165) is 25.7 Å². The second-order valence-electron chi connectivity index (χ2n) is 10.9. The Morgan fingerprint density at radius 2 is 1.75 bits per heavy atom. The lowest BCUT2D eigenvalue weighted by atomic mass is 9.48. The molecule has 4 aliphatic carbocycles. The molecule has 0 amide bonds. The van der Waals surface area contributed by atoms with Crippen LogP contribution in [0.2, 0.25) is 0 Å². The third kappa shape index (κ3) is 3.92. The van der Waals surface area contributed by atoms with Gasteiger partial charge >= 0.3 is 0 Å². The van der Waals surface area contributed by atoms with Gasteiger partial charge in [0, 0.05) is 26.2 Å². The number of terminal acetylenes is 1. The molecule has 0 heterocycles. The van der Waals surface area contributed by atoms with E-state index in [2.05, 4.69) is 62.5 Å². The minimum atomic E-state index is -0.165. The van der Waals surface area contributed by atoms with Gasteiger partial charge in [0.05, 0.1) is 6.10 Å². The molecule has 1 aromatic carbocycles. The summed E-state index contributed by atoms with van der Waals surface area (Å²) in [6.07, 6.45) is 13.7. The Kier molecular flexibility index (Phi) is 6.55. The molecule has 3 heteroatoms. The molecule has 172 valence electrons. The molecule has 0 radical (unpaired) electrons. The Hall–Kier alpha value is -2.05. The quantitative estimate of drug-likeness (QED) is 0.618. The number of rotatable bonds is 2. The first-order valence-electron chi connectivity index (χ1n) is 12.4. The maximum Gasteiger partial charge on any atom is 0.155 e. The predicted molar refractivity (Wildman–Crippen MR) is 131 cm³/mol. The molecule has 4 aliphatic rings. The van der Waals surface area contributed by atoms with E-state index >= 15 is 0 Å². The Bertz CT molecular complexity index is 908. The molecular formula is C29H39NO2. The fraction of sp³-hybridized carbons (Fsp3) is 0.621. The van der Waals surface area contributed by atoms with Crippen molar-refractivity contribution in [1.82, 2.24) is 0 Å². The topological polar surface area (TPSA) is 40.5 Å². The highest BCUT2D eigenvalue weighted by Gasteiger charge is 2.59. The van der Waals surface area contributed by atoms with Gasteiger partial charge in [0.15, 0.2) is 5.78 Å². The summed E-state index contributed by atoms with van der Waals surface area (Å²) in [6, 6.07) is 9.14. The Labute approximate surface area is 194 Å². The van der Waals surface area contributed by atoms with Crippen LogP contribution in [-0.4, -0.2) is 31.1 Å². The number of hydrogen-bond donors (Lipinski definition) is 1. The normalized spacial score (nSPS) is 37.6. The van der Waals surface area contributed by atoms with Gasteiger partial charge in [-0.1, -0.05) is 24.6 Å². The molecule has 5 rings (SSSR count). The average Bonchev–Trinajstić information content (AvgIpc) is 3.07. The largest absolute Gasteiger partial charge is 0.393 e. The maximum atomic E-state index is 12.1. The third-order valence-electron chi connectivity index (χ3n) is 9.09. The van der Waals surface area contributed by atoms with Crippen molar-refractivity contribution in [1.29, 1.82) is 0 Å². The number of fused-ring (bicyclic) bond motifs is 5. The van der Waals surface area contributed by atoms with Crippen molar-refractivity contribution in [3.05, 3.63) is 41.5 Å². The molecule has 32 heavy (non-hydrogen) atoms. The van der Waals surface area contributed by atoms with Gasteiger partial charge in [0.2, 0.25) is 0 Å². The van der Waals surface area contributed by atoms with Crippen LogP contribution in [-0.2, 0) is 4.79 Å². The van der Waals surface area contributed by atoms with Crippen molar-refractivity contribution >= 4 is 11.5 Å². The molecule has 7 atom stereocenters. The van der Waals surface area contributed by atoms with E-state index in [1.54, 1.807) is 6.92 Å². The zero-order valence-corrected chi connectivity index (χ0v) is 20.2. The first-order valence-corrected chi connectivity index (χ1v) is 12.4. The number of aliphatic hydroxyl groups is 1. The SMILES string of the molecule is C#CC.CN(C)c1ccc(C2CC3(C)C(O)CCC3C3CCC4=CC(=O)CCC4C23)cc1. The van der Waals surface area contributed by atoms with Crippen LogP contribution in [0.5, 0.6) is 0 Å². The van der Waals surface area contributed by atoms with Gasteiger partial charge in [0.25, 0.3) is 0 Å². The van der Waals surface area contributed by atoms with Crippen molar-refractivity contribution in [2.24, 2.45) is 29.1 Å². The van der Waals surface area contributed by atoms with Gasteiger partial charge in [-0.25, -0.2) is 0 Å². The molecule has 0 spiro atoms. The van der Waals surface area contributed by atoms with Crippen molar-refractivity contribution in [2.75, 3.05) is 19.0 Å². The van der Waals surface area contributed by atoms with Crippen molar-refractivity contribution in [3.63, 3.8) is 0 Å². The van der Waals surface area contributed by atoms with Crippen LogP contribution >= 0.6 is 0 Å².